The van der Waals surface area contributed by atoms with Crippen LogP contribution >= 0.6 is 0 Å². The lowest BCUT2D eigenvalue weighted by Crippen LogP contribution is -2.69. The van der Waals surface area contributed by atoms with Crippen molar-refractivity contribution < 1.29 is 48.7 Å². The van der Waals surface area contributed by atoms with Gasteiger partial charge in [-0.2, -0.15) is 0 Å². The Morgan fingerprint density at radius 3 is 1.61 bits per heavy atom. The molecular formula is C47H48N2O10. The number of aliphatic hydroxyl groups excluding tert-OH is 2. The van der Waals surface area contributed by atoms with E-state index >= 15 is 0 Å². The van der Waals surface area contributed by atoms with Crippen LogP contribution < -0.4 is 10.6 Å². The molecular weight excluding hydrogens is 753 g/mol. The van der Waals surface area contributed by atoms with Gasteiger partial charge in [-0.3, -0.25) is 0 Å². The monoisotopic (exact) mass is 800 g/mol. The molecule has 306 valence electrons. The lowest BCUT2D eigenvalue weighted by Gasteiger charge is -2.46. The number of carboxylic acids is 1. The van der Waals surface area contributed by atoms with Gasteiger partial charge in [0.25, 0.3) is 0 Å². The highest BCUT2D eigenvalue weighted by molar-refractivity contribution is 5.81. The van der Waals surface area contributed by atoms with E-state index in [1.54, 1.807) is 20.8 Å². The second kappa shape index (κ2) is 17.4. The number of fused-ring (bicyclic) bond motifs is 3. The normalized spacial score (nSPS) is 20.7. The molecule has 1 aliphatic heterocycles. The van der Waals surface area contributed by atoms with E-state index in [2.05, 4.69) is 10.6 Å². The van der Waals surface area contributed by atoms with Crippen molar-refractivity contribution in [3.63, 3.8) is 0 Å². The average molecular weight is 801 g/mol. The van der Waals surface area contributed by atoms with E-state index in [9.17, 15) is 29.7 Å². The second-order valence-electron chi connectivity index (χ2n) is 15.7. The van der Waals surface area contributed by atoms with Gasteiger partial charge in [-0.25, -0.2) is 14.4 Å². The minimum Gasteiger partial charge on any atom is -0.480 e. The van der Waals surface area contributed by atoms with Crippen LogP contribution in [0.3, 0.4) is 0 Å². The SMILES string of the molecule is CC(C)(C)OC(=O)N[C@H]1[C@@H](O)[C@H]([C@@H](NC(=O)OCC2c3ccccc3-c3ccccc32)C(=O)O)O[C@H](COC(c2ccccc2)(c2ccccc2)c2ccccc2)[C@H]1O. The van der Waals surface area contributed by atoms with Crippen LogP contribution in [-0.2, 0) is 29.3 Å². The lowest BCUT2D eigenvalue weighted by atomic mass is 9.80. The Morgan fingerprint density at radius 1 is 0.661 bits per heavy atom. The van der Waals surface area contributed by atoms with E-state index < -0.39 is 65.9 Å². The van der Waals surface area contributed by atoms with Crippen molar-refractivity contribution in [1.29, 1.82) is 0 Å². The number of carbonyl (C=O) groups is 3. The number of carboxylic acid groups (broad SMARTS) is 1. The fourth-order valence-electron chi connectivity index (χ4n) is 8.06. The summed E-state index contributed by atoms with van der Waals surface area (Å²) in [6.45, 7) is 4.49. The number of aliphatic carboxylic acids is 1. The highest BCUT2D eigenvalue weighted by atomic mass is 16.6. The number of hydrogen-bond donors (Lipinski definition) is 5. The van der Waals surface area contributed by atoms with Gasteiger partial charge >= 0.3 is 18.2 Å². The number of alkyl carbamates (subject to hydrolysis) is 2. The van der Waals surface area contributed by atoms with E-state index in [-0.39, 0.29) is 19.1 Å². The lowest BCUT2D eigenvalue weighted by molar-refractivity contribution is -0.215. The van der Waals surface area contributed by atoms with Gasteiger partial charge in [0.15, 0.2) is 6.04 Å². The van der Waals surface area contributed by atoms with Crippen LogP contribution in [0.4, 0.5) is 9.59 Å². The van der Waals surface area contributed by atoms with Gasteiger partial charge < -0.3 is 44.9 Å². The molecule has 7 rings (SSSR count). The van der Waals surface area contributed by atoms with Crippen molar-refractivity contribution in [3.8, 4) is 11.1 Å². The maximum absolute atomic E-state index is 13.5. The number of aliphatic hydroxyl groups is 2. The first-order valence-electron chi connectivity index (χ1n) is 19.5. The molecule has 0 unspecified atom stereocenters. The van der Waals surface area contributed by atoms with E-state index in [1.165, 1.54) is 0 Å². The van der Waals surface area contributed by atoms with Crippen molar-refractivity contribution in [2.24, 2.45) is 0 Å². The van der Waals surface area contributed by atoms with Crippen molar-refractivity contribution in [2.45, 2.75) is 74.4 Å². The second-order valence-corrected chi connectivity index (χ2v) is 15.7. The van der Waals surface area contributed by atoms with Gasteiger partial charge in [0.2, 0.25) is 0 Å². The zero-order valence-electron chi connectivity index (χ0n) is 32.9. The maximum atomic E-state index is 13.5. The summed E-state index contributed by atoms with van der Waals surface area (Å²) in [4.78, 5) is 39.6. The summed E-state index contributed by atoms with van der Waals surface area (Å²) < 4.78 is 24.3. The molecule has 1 saturated heterocycles. The standard InChI is InChI=1S/C47H48N2O10/c1-46(2,3)59-45(55)48-38-40(50)37(28-57-47(29-17-7-4-8-18-29,30-19-9-5-10-20-30)31-21-11-6-12-22-31)58-42(41(38)51)39(43(52)53)49-44(54)56-27-36-34-25-15-13-23-32(34)33-24-14-16-26-35(33)36/h4-26,36-42,50-51H,27-28H2,1-3H3,(H,48,55)(H,49,54)(H,52,53)/t37-,38-,39-,40-,41-,42+/m1/s1. The van der Waals surface area contributed by atoms with Gasteiger partial charge in [-0.15, -0.1) is 0 Å². The molecule has 6 atom stereocenters. The topological polar surface area (TPSA) is 173 Å². The van der Waals surface area contributed by atoms with Crippen molar-refractivity contribution in [3.05, 3.63) is 167 Å². The Bertz CT molecular complexity index is 2090. The minimum absolute atomic E-state index is 0.0984. The predicted octanol–water partition coefficient (Wildman–Crippen LogP) is 6.37. The molecule has 2 aliphatic rings. The number of hydrogen-bond acceptors (Lipinski definition) is 9. The van der Waals surface area contributed by atoms with Crippen LogP contribution in [0.15, 0.2) is 140 Å². The Kier molecular flexibility index (Phi) is 12.2. The summed E-state index contributed by atoms with van der Waals surface area (Å²) in [5, 5.41) is 39.0. The Morgan fingerprint density at radius 2 is 1.14 bits per heavy atom. The van der Waals surface area contributed by atoms with Crippen LogP contribution in [0.25, 0.3) is 11.1 Å². The van der Waals surface area contributed by atoms with Gasteiger partial charge in [0, 0.05) is 5.92 Å². The molecule has 0 radical (unpaired) electrons. The maximum Gasteiger partial charge on any atom is 0.408 e. The van der Waals surface area contributed by atoms with Gasteiger partial charge in [-0.05, 0) is 59.7 Å². The molecule has 5 aromatic rings. The van der Waals surface area contributed by atoms with E-state index in [4.69, 9.17) is 18.9 Å². The predicted molar refractivity (Wildman–Crippen MR) is 219 cm³/mol. The first-order chi connectivity index (χ1) is 28.4. The largest absolute Gasteiger partial charge is 0.480 e. The molecule has 1 heterocycles. The zero-order valence-corrected chi connectivity index (χ0v) is 32.9. The molecule has 5 N–H and O–H groups in total. The molecule has 0 spiro atoms. The van der Waals surface area contributed by atoms with Crippen LogP contribution in [0, 0.1) is 0 Å². The third-order valence-corrected chi connectivity index (χ3v) is 10.7. The fraction of sp³-hybridized carbons (Fsp3) is 0.298. The third kappa shape index (κ3) is 8.72. The van der Waals surface area contributed by atoms with Crippen molar-refractivity contribution in [1.82, 2.24) is 10.6 Å². The smallest absolute Gasteiger partial charge is 0.408 e. The van der Waals surface area contributed by atoms with E-state index in [0.29, 0.717) is 0 Å². The van der Waals surface area contributed by atoms with Gasteiger partial charge in [-0.1, -0.05) is 140 Å². The van der Waals surface area contributed by atoms with Crippen molar-refractivity contribution >= 4 is 18.2 Å². The zero-order chi connectivity index (χ0) is 41.7. The molecule has 1 fully saturated rings. The first-order valence-corrected chi connectivity index (χ1v) is 19.5. The fourth-order valence-corrected chi connectivity index (χ4v) is 8.06. The highest BCUT2D eigenvalue weighted by Crippen LogP contribution is 2.45. The number of ether oxygens (including phenoxy) is 4. The van der Waals surface area contributed by atoms with Crippen LogP contribution in [0.1, 0.15) is 54.5 Å². The molecule has 2 amide bonds. The number of rotatable bonds is 12. The summed E-state index contributed by atoms with van der Waals surface area (Å²) in [6.07, 6.45) is -8.61. The van der Waals surface area contributed by atoms with Gasteiger partial charge in [0.05, 0.1) is 12.6 Å². The Labute approximate surface area is 342 Å². The molecule has 5 aromatic carbocycles. The Hall–Kier alpha value is -6.05. The molecule has 0 bridgehead atoms. The van der Waals surface area contributed by atoms with E-state index in [1.807, 2.05) is 140 Å². The summed E-state index contributed by atoms with van der Waals surface area (Å²) >= 11 is 0. The molecule has 0 aromatic heterocycles. The van der Waals surface area contributed by atoms with Gasteiger partial charge in [0.1, 0.15) is 42.2 Å². The minimum atomic E-state index is -1.90. The van der Waals surface area contributed by atoms with Crippen LogP contribution in [0.5, 0.6) is 0 Å². The third-order valence-electron chi connectivity index (χ3n) is 10.7. The quantitative estimate of drug-likeness (QED) is 0.0894. The molecule has 59 heavy (non-hydrogen) atoms. The van der Waals surface area contributed by atoms with Crippen molar-refractivity contribution in [2.75, 3.05) is 13.2 Å². The first kappa shape index (κ1) is 41.1. The Balaban J connectivity index is 1.18. The molecule has 1 aliphatic carbocycles. The summed E-state index contributed by atoms with van der Waals surface area (Å²) in [6, 6.07) is 40.6. The van der Waals surface area contributed by atoms with Crippen LogP contribution in [-0.4, -0.2) is 88.8 Å². The summed E-state index contributed by atoms with van der Waals surface area (Å²) in [7, 11) is 0. The van der Waals surface area contributed by atoms with Crippen LogP contribution in [0.2, 0.25) is 0 Å². The highest BCUT2D eigenvalue weighted by Gasteiger charge is 2.52. The number of amides is 2. The number of carbonyl (C=O) groups excluding carboxylic acids is 2. The molecule has 12 heteroatoms. The molecule has 12 nitrogen and oxygen atoms in total. The average Bonchev–Trinajstić information content (AvgIpc) is 3.55. The van der Waals surface area contributed by atoms with E-state index in [0.717, 1.165) is 38.9 Å². The number of benzene rings is 5. The summed E-state index contributed by atoms with van der Waals surface area (Å²) in [5.74, 6) is -1.85. The number of nitrogens with one attached hydrogen (secondary N) is 2. The molecule has 0 saturated carbocycles. The summed E-state index contributed by atoms with van der Waals surface area (Å²) in [5.41, 5.74) is 4.02.